The minimum absolute atomic E-state index is 0.416. The Kier molecular flexibility index (Phi) is 3.21. The van der Waals surface area contributed by atoms with Gasteiger partial charge in [0.25, 0.3) is 0 Å². The van der Waals surface area contributed by atoms with E-state index in [0.717, 1.165) is 24.2 Å². The Morgan fingerprint density at radius 2 is 2.00 bits per heavy atom. The summed E-state index contributed by atoms with van der Waals surface area (Å²) in [5.74, 6) is 0. The van der Waals surface area contributed by atoms with Crippen molar-refractivity contribution in [2.45, 2.75) is 44.7 Å². The number of nitrogens with two attached hydrogens (primary N) is 1. The zero-order chi connectivity index (χ0) is 10.7. The average molecular weight is 205 g/mol. The second-order valence-electron chi connectivity index (χ2n) is 4.44. The van der Waals surface area contributed by atoms with E-state index < -0.39 is 0 Å². The van der Waals surface area contributed by atoms with Gasteiger partial charge in [-0.15, -0.1) is 0 Å². The summed E-state index contributed by atoms with van der Waals surface area (Å²) < 4.78 is 0. The van der Waals surface area contributed by atoms with Gasteiger partial charge in [0.05, 0.1) is 11.9 Å². The Labute approximate surface area is 91.1 Å². The van der Waals surface area contributed by atoms with Crippen LogP contribution in [0.2, 0.25) is 0 Å². The highest BCUT2D eigenvalue weighted by molar-refractivity contribution is 5.41. The van der Waals surface area contributed by atoms with Crippen LogP contribution in [0, 0.1) is 6.92 Å². The van der Waals surface area contributed by atoms with Crippen LogP contribution < -0.4 is 11.1 Å². The van der Waals surface area contributed by atoms with Crippen molar-refractivity contribution >= 4 is 5.69 Å². The van der Waals surface area contributed by atoms with Crippen molar-refractivity contribution in [2.75, 3.05) is 5.32 Å². The molecule has 1 saturated carbocycles. The third-order valence-electron chi connectivity index (χ3n) is 3.05. The van der Waals surface area contributed by atoms with Gasteiger partial charge in [-0.25, -0.2) is 0 Å². The molecule has 0 radical (unpaired) electrons. The first-order chi connectivity index (χ1) is 7.24. The van der Waals surface area contributed by atoms with Gasteiger partial charge < -0.3 is 11.1 Å². The molecule has 0 aliphatic heterocycles. The van der Waals surface area contributed by atoms with E-state index in [1.54, 1.807) is 0 Å². The number of hydrogen-bond donors (Lipinski definition) is 2. The second-order valence-corrected chi connectivity index (χ2v) is 4.44. The van der Waals surface area contributed by atoms with Gasteiger partial charge in [-0.05, 0) is 44.7 Å². The first-order valence-corrected chi connectivity index (χ1v) is 5.69. The summed E-state index contributed by atoms with van der Waals surface area (Å²) in [6.07, 6.45) is 6.53. The summed E-state index contributed by atoms with van der Waals surface area (Å²) in [7, 11) is 0. The number of hydrogen-bond acceptors (Lipinski definition) is 3. The quantitative estimate of drug-likeness (QED) is 0.777. The van der Waals surface area contributed by atoms with E-state index in [9.17, 15) is 0 Å². The van der Waals surface area contributed by atoms with Crippen LogP contribution in [0.25, 0.3) is 0 Å². The Morgan fingerprint density at radius 3 is 2.60 bits per heavy atom. The van der Waals surface area contributed by atoms with Crippen molar-refractivity contribution in [3.05, 3.63) is 24.0 Å². The third kappa shape index (κ3) is 2.93. The maximum absolute atomic E-state index is 5.87. The van der Waals surface area contributed by atoms with Crippen molar-refractivity contribution in [3.63, 3.8) is 0 Å². The van der Waals surface area contributed by atoms with Crippen LogP contribution >= 0.6 is 0 Å². The molecule has 15 heavy (non-hydrogen) atoms. The number of nitrogens with zero attached hydrogens (tertiary/aromatic N) is 1. The van der Waals surface area contributed by atoms with Crippen LogP contribution in [0.4, 0.5) is 5.69 Å². The fourth-order valence-electron chi connectivity index (χ4n) is 2.05. The summed E-state index contributed by atoms with van der Waals surface area (Å²) in [5.41, 5.74) is 8.06. The summed E-state index contributed by atoms with van der Waals surface area (Å²) >= 11 is 0. The van der Waals surface area contributed by atoms with Crippen LogP contribution in [0.3, 0.4) is 0 Å². The number of anilines is 1. The monoisotopic (exact) mass is 205 g/mol. The van der Waals surface area contributed by atoms with Crippen molar-refractivity contribution in [3.8, 4) is 0 Å². The van der Waals surface area contributed by atoms with Crippen LogP contribution in [0.5, 0.6) is 0 Å². The minimum Gasteiger partial charge on any atom is -0.381 e. The molecule has 0 aromatic carbocycles. The molecule has 1 aromatic heterocycles. The molecule has 3 nitrogen and oxygen atoms in total. The largest absolute Gasteiger partial charge is 0.381 e. The maximum atomic E-state index is 5.87. The lowest BCUT2D eigenvalue weighted by Crippen LogP contribution is -2.32. The van der Waals surface area contributed by atoms with E-state index in [0.29, 0.717) is 12.1 Å². The zero-order valence-corrected chi connectivity index (χ0v) is 9.24. The van der Waals surface area contributed by atoms with Crippen molar-refractivity contribution in [1.29, 1.82) is 0 Å². The predicted molar refractivity (Wildman–Crippen MR) is 62.8 cm³/mol. The fourth-order valence-corrected chi connectivity index (χ4v) is 2.05. The third-order valence-corrected chi connectivity index (χ3v) is 3.05. The van der Waals surface area contributed by atoms with Gasteiger partial charge >= 0.3 is 0 Å². The van der Waals surface area contributed by atoms with Gasteiger partial charge in [-0.1, -0.05) is 0 Å². The zero-order valence-electron chi connectivity index (χ0n) is 9.24. The SMILES string of the molecule is Cc1ccc(NC2CCC(N)CC2)cn1. The maximum Gasteiger partial charge on any atom is 0.0529 e. The molecule has 0 unspecified atom stereocenters. The van der Waals surface area contributed by atoms with E-state index in [2.05, 4.69) is 16.4 Å². The lowest BCUT2D eigenvalue weighted by atomic mass is 9.92. The van der Waals surface area contributed by atoms with Crippen LogP contribution in [-0.4, -0.2) is 17.1 Å². The van der Waals surface area contributed by atoms with Crippen molar-refractivity contribution < 1.29 is 0 Å². The van der Waals surface area contributed by atoms with E-state index in [-0.39, 0.29) is 0 Å². The van der Waals surface area contributed by atoms with Crippen LogP contribution in [0.15, 0.2) is 18.3 Å². The van der Waals surface area contributed by atoms with E-state index in [1.807, 2.05) is 19.2 Å². The number of nitrogens with one attached hydrogen (secondary N) is 1. The number of pyridine rings is 1. The minimum atomic E-state index is 0.416. The Bertz CT molecular complexity index is 299. The first-order valence-electron chi connectivity index (χ1n) is 5.69. The van der Waals surface area contributed by atoms with Gasteiger partial charge in [0.1, 0.15) is 0 Å². The van der Waals surface area contributed by atoms with E-state index in [1.165, 1.54) is 12.8 Å². The molecule has 1 aromatic rings. The normalized spacial score (nSPS) is 26.3. The predicted octanol–water partition coefficient (Wildman–Crippen LogP) is 2.07. The Hall–Kier alpha value is -1.09. The topological polar surface area (TPSA) is 50.9 Å². The molecule has 0 atom stereocenters. The molecule has 1 aliphatic carbocycles. The van der Waals surface area contributed by atoms with E-state index in [4.69, 9.17) is 5.73 Å². The molecular formula is C12H19N3. The van der Waals surface area contributed by atoms with Gasteiger partial charge in [0.2, 0.25) is 0 Å². The molecule has 0 spiro atoms. The first kappa shape index (κ1) is 10.4. The van der Waals surface area contributed by atoms with Crippen LogP contribution in [-0.2, 0) is 0 Å². The summed E-state index contributed by atoms with van der Waals surface area (Å²) in [6, 6.07) is 5.13. The summed E-state index contributed by atoms with van der Waals surface area (Å²) in [6.45, 7) is 2.00. The molecule has 2 rings (SSSR count). The molecule has 0 amide bonds. The molecular weight excluding hydrogens is 186 g/mol. The van der Waals surface area contributed by atoms with Crippen molar-refractivity contribution in [1.82, 2.24) is 4.98 Å². The molecule has 82 valence electrons. The molecule has 0 saturated heterocycles. The molecule has 3 N–H and O–H groups in total. The highest BCUT2D eigenvalue weighted by atomic mass is 14.9. The average Bonchev–Trinajstić information content (AvgIpc) is 2.25. The summed E-state index contributed by atoms with van der Waals surface area (Å²) in [4.78, 5) is 4.27. The second kappa shape index (κ2) is 4.62. The molecule has 1 fully saturated rings. The standard InChI is InChI=1S/C12H19N3/c1-9-2-5-12(8-14-9)15-11-6-3-10(13)4-7-11/h2,5,8,10-11,15H,3-4,6-7,13H2,1H3. The number of rotatable bonds is 2. The Balaban J connectivity index is 1.89. The summed E-state index contributed by atoms with van der Waals surface area (Å²) in [5, 5.41) is 3.51. The smallest absolute Gasteiger partial charge is 0.0529 e. The molecule has 1 heterocycles. The van der Waals surface area contributed by atoms with Gasteiger partial charge in [-0.2, -0.15) is 0 Å². The Morgan fingerprint density at radius 1 is 1.27 bits per heavy atom. The van der Waals surface area contributed by atoms with Gasteiger partial charge in [0, 0.05) is 17.8 Å². The highest BCUT2D eigenvalue weighted by Crippen LogP contribution is 2.20. The highest BCUT2D eigenvalue weighted by Gasteiger charge is 2.17. The fraction of sp³-hybridized carbons (Fsp3) is 0.583. The van der Waals surface area contributed by atoms with Gasteiger partial charge in [-0.3, -0.25) is 4.98 Å². The van der Waals surface area contributed by atoms with Gasteiger partial charge in [0.15, 0.2) is 0 Å². The lowest BCUT2D eigenvalue weighted by molar-refractivity contribution is 0.411. The molecule has 3 heteroatoms. The van der Waals surface area contributed by atoms with E-state index >= 15 is 0 Å². The lowest BCUT2D eigenvalue weighted by Gasteiger charge is -2.27. The number of aromatic nitrogens is 1. The molecule has 1 aliphatic rings. The molecule has 0 bridgehead atoms. The van der Waals surface area contributed by atoms with Crippen LogP contribution in [0.1, 0.15) is 31.4 Å². The number of aryl methyl sites for hydroxylation is 1. The van der Waals surface area contributed by atoms with Crippen molar-refractivity contribution in [2.24, 2.45) is 5.73 Å².